The highest BCUT2D eigenvalue weighted by Gasteiger charge is 2.34. The molecule has 1 saturated heterocycles. The fourth-order valence-corrected chi connectivity index (χ4v) is 7.17. The van der Waals surface area contributed by atoms with Gasteiger partial charge < -0.3 is 4.90 Å². The van der Waals surface area contributed by atoms with Crippen molar-refractivity contribution < 1.29 is 13.2 Å². The molecule has 0 aliphatic carbocycles. The molecule has 1 aliphatic rings. The Labute approximate surface area is 199 Å². The monoisotopic (exact) mass is 484 g/mol. The van der Waals surface area contributed by atoms with E-state index in [4.69, 9.17) is 0 Å². The van der Waals surface area contributed by atoms with Crippen LogP contribution < -0.4 is 0 Å². The van der Waals surface area contributed by atoms with Crippen LogP contribution in [0.25, 0.3) is 10.7 Å². The van der Waals surface area contributed by atoms with Gasteiger partial charge in [0.25, 0.3) is 5.91 Å². The number of pyridine rings is 1. The highest BCUT2D eigenvalue weighted by Crippen LogP contribution is 2.31. The van der Waals surface area contributed by atoms with Crippen molar-refractivity contribution in [1.29, 1.82) is 0 Å². The number of hydrogen-bond acceptors (Lipinski definition) is 6. The molecule has 174 valence electrons. The minimum Gasteiger partial charge on any atom is -0.335 e. The summed E-state index contributed by atoms with van der Waals surface area (Å²) in [6.07, 6.45) is 1.70. The Balaban J connectivity index is 1.52. The Kier molecular flexibility index (Phi) is 6.39. The average Bonchev–Trinajstić information content (AvgIpc) is 3.19. The maximum absolute atomic E-state index is 13.5. The Hall–Kier alpha value is -2.62. The molecule has 33 heavy (non-hydrogen) atoms. The van der Waals surface area contributed by atoms with Gasteiger partial charge >= 0.3 is 0 Å². The number of carbonyl (C=O) groups excluding carboxylic acids is 1. The van der Waals surface area contributed by atoms with Gasteiger partial charge in [0.15, 0.2) is 0 Å². The molecule has 1 aliphatic heterocycles. The number of aryl methyl sites for hydroxylation is 3. The fourth-order valence-electron chi connectivity index (χ4n) is 4.17. The number of rotatable bonds is 4. The molecule has 0 saturated carbocycles. The van der Waals surface area contributed by atoms with E-state index in [0.29, 0.717) is 33.6 Å². The molecule has 0 spiro atoms. The zero-order valence-corrected chi connectivity index (χ0v) is 21.2. The van der Waals surface area contributed by atoms with Crippen LogP contribution in [0.3, 0.4) is 0 Å². The van der Waals surface area contributed by atoms with Gasteiger partial charge in [-0.3, -0.25) is 9.78 Å². The summed E-state index contributed by atoms with van der Waals surface area (Å²) in [5.74, 6) is -0.108. The normalized spacial score (nSPS) is 15.1. The van der Waals surface area contributed by atoms with E-state index in [2.05, 4.69) is 9.97 Å². The maximum atomic E-state index is 13.5. The Morgan fingerprint density at radius 3 is 2.18 bits per heavy atom. The predicted octanol–water partition coefficient (Wildman–Crippen LogP) is 3.89. The topological polar surface area (TPSA) is 83.5 Å². The minimum atomic E-state index is -3.64. The van der Waals surface area contributed by atoms with Gasteiger partial charge in [0.2, 0.25) is 10.0 Å². The lowest BCUT2D eigenvalue weighted by molar-refractivity contribution is 0.0701. The van der Waals surface area contributed by atoms with Crippen LogP contribution in [0.15, 0.2) is 35.4 Å². The Morgan fingerprint density at radius 1 is 0.970 bits per heavy atom. The summed E-state index contributed by atoms with van der Waals surface area (Å²) in [4.78, 5) is 24.7. The number of hydrogen-bond donors (Lipinski definition) is 0. The largest absolute Gasteiger partial charge is 0.335 e. The van der Waals surface area contributed by atoms with Crippen molar-refractivity contribution in [2.45, 2.75) is 39.5 Å². The van der Waals surface area contributed by atoms with Gasteiger partial charge in [0.1, 0.15) is 9.88 Å². The molecule has 1 fully saturated rings. The summed E-state index contributed by atoms with van der Waals surface area (Å²) in [6, 6.07) is 7.62. The highest BCUT2D eigenvalue weighted by atomic mass is 32.2. The third-order valence-corrected chi connectivity index (χ3v) is 9.64. The van der Waals surface area contributed by atoms with E-state index in [1.54, 1.807) is 11.1 Å². The van der Waals surface area contributed by atoms with Gasteiger partial charge in [-0.15, -0.1) is 11.3 Å². The molecule has 9 heteroatoms. The predicted molar refractivity (Wildman–Crippen MR) is 130 cm³/mol. The number of amides is 1. The van der Waals surface area contributed by atoms with Crippen LogP contribution in [0.4, 0.5) is 0 Å². The van der Waals surface area contributed by atoms with Crippen LogP contribution >= 0.6 is 11.3 Å². The first-order valence-corrected chi connectivity index (χ1v) is 13.1. The lowest BCUT2D eigenvalue weighted by Gasteiger charge is -2.34. The van der Waals surface area contributed by atoms with E-state index in [0.717, 1.165) is 27.9 Å². The van der Waals surface area contributed by atoms with Crippen molar-refractivity contribution in [1.82, 2.24) is 19.2 Å². The third-order valence-electron chi connectivity index (χ3n) is 6.30. The summed E-state index contributed by atoms with van der Waals surface area (Å²) < 4.78 is 28.5. The molecule has 7 nitrogen and oxygen atoms in total. The highest BCUT2D eigenvalue weighted by molar-refractivity contribution is 7.89. The summed E-state index contributed by atoms with van der Waals surface area (Å²) in [5, 5.41) is 0.707. The molecular weight excluding hydrogens is 456 g/mol. The second-order valence-electron chi connectivity index (χ2n) is 8.43. The molecule has 0 bridgehead atoms. The van der Waals surface area contributed by atoms with Gasteiger partial charge in [-0.2, -0.15) is 4.31 Å². The number of piperazine rings is 1. The molecule has 1 aromatic carbocycles. The van der Waals surface area contributed by atoms with E-state index < -0.39 is 10.0 Å². The van der Waals surface area contributed by atoms with Crippen molar-refractivity contribution in [3.63, 3.8) is 0 Å². The van der Waals surface area contributed by atoms with E-state index >= 15 is 0 Å². The number of nitrogens with zero attached hydrogens (tertiary/aromatic N) is 4. The fraction of sp³-hybridized carbons (Fsp3) is 0.375. The zero-order valence-electron chi connectivity index (χ0n) is 19.5. The van der Waals surface area contributed by atoms with Crippen LogP contribution in [0.2, 0.25) is 0 Å². The molecule has 3 heterocycles. The first-order valence-electron chi connectivity index (χ1n) is 10.9. The molecule has 3 aromatic rings. The van der Waals surface area contributed by atoms with Gasteiger partial charge in [0, 0.05) is 32.4 Å². The second-order valence-corrected chi connectivity index (χ2v) is 11.3. The zero-order chi connectivity index (χ0) is 23.9. The number of thiazole rings is 1. The first-order chi connectivity index (χ1) is 15.6. The lowest BCUT2D eigenvalue weighted by atomic mass is 10.0. The van der Waals surface area contributed by atoms with Gasteiger partial charge in [0.05, 0.1) is 16.3 Å². The Morgan fingerprint density at radius 2 is 1.61 bits per heavy atom. The molecular formula is C24H28N4O3S2. The van der Waals surface area contributed by atoms with E-state index in [1.165, 1.54) is 15.6 Å². The van der Waals surface area contributed by atoms with Crippen molar-refractivity contribution in [3.05, 3.63) is 63.3 Å². The van der Waals surface area contributed by atoms with Gasteiger partial charge in [-0.25, -0.2) is 13.4 Å². The van der Waals surface area contributed by atoms with Crippen molar-refractivity contribution in [2.24, 2.45) is 0 Å². The second kappa shape index (κ2) is 8.96. The van der Waals surface area contributed by atoms with Crippen LogP contribution in [-0.4, -0.2) is 59.7 Å². The number of carbonyl (C=O) groups is 1. The van der Waals surface area contributed by atoms with E-state index in [1.807, 2.05) is 58.9 Å². The Bertz CT molecular complexity index is 1280. The first kappa shape index (κ1) is 23.5. The molecule has 0 atom stereocenters. The molecule has 4 rings (SSSR count). The number of benzene rings is 1. The van der Waals surface area contributed by atoms with Crippen LogP contribution in [-0.2, 0) is 10.0 Å². The van der Waals surface area contributed by atoms with E-state index in [-0.39, 0.29) is 19.0 Å². The summed E-state index contributed by atoms with van der Waals surface area (Å²) >= 11 is 1.33. The van der Waals surface area contributed by atoms with E-state index in [9.17, 15) is 13.2 Å². The number of aromatic nitrogens is 2. The standard InChI is InChI=1S/C24H28N4O3S2/c1-15-14-16(2)18(4)22(17(15)3)33(30,31)28-12-10-27(11-13-28)24(29)21-19(5)26-23(32-21)20-8-6-7-9-25-20/h6-9,14H,10-13H2,1-5H3. The average molecular weight is 485 g/mol. The molecule has 0 N–H and O–H groups in total. The quantitative estimate of drug-likeness (QED) is 0.561. The van der Waals surface area contributed by atoms with Crippen LogP contribution in [0, 0.1) is 34.6 Å². The summed E-state index contributed by atoms with van der Waals surface area (Å²) in [6.45, 7) is 10.6. The maximum Gasteiger partial charge on any atom is 0.265 e. The van der Waals surface area contributed by atoms with Gasteiger partial charge in [-0.1, -0.05) is 12.1 Å². The molecule has 0 radical (unpaired) electrons. The molecule has 2 aromatic heterocycles. The molecule has 1 amide bonds. The molecule has 0 unspecified atom stereocenters. The SMILES string of the molecule is Cc1cc(C)c(C)c(S(=O)(=O)N2CCN(C(=O)c3sc(-c4ccccn4)nc3C)CC2)c1C. The minimum absolute atomic E-state index is 0.108. The lowest BCUT2D eigenvalue weighted by Crippen LogP contribution is -2.50. The van der Waals surface area contributed by atoms with Crippen molar-refractivity contribution >= 4 is 27.3 Å². The van der Waals surface area contributed by atoms with Crippen LogP contribution in [0.5, 0.6) is 0 Å². The smallest absolute Gasteiger partial charge is 0.265 e. The number of sulfonamides is 1. The third kappa shape index (κ3) is 4.32. The summed E-state index contributed by atoms with van der Waals surface area (Å²) in [5.41, 5.74) is 4.92. The summed E-state index contributed by atoms with van der Waals surface area (Å²) in [7, 11) is -3.64. The van der Waals surface area contributed by atoms with Gasteiger partial charge in [-0.05, 0) is 69.0 Å². The van der Waals surface area contributed by atoms with Crippen LogP contribution in [0.1, 0.15) is 37.6 Å². The van der Waals surface area contributed by atoms with Crippen molar-refractivity contribution in [3.8, 4) is 10.7 Å². The van der Waals surface area contributed by atoms with Crippen molar-refractivity contribution in [2.75, 3.05) is 26.2 Å².